The fraction of sp³-hybridized carbons (Fsp3) is 0.636. The van der Waals surface area contributed by atoms with Crippen molar-refractivity contribution >= 4 is 11.9 Å². The Morgan fingerprint density at radius 1 is 1.21 bits per heavy atom. The monoisotopic (exact) mass is 404 g/mol. The molecule has 29 heavy (non-hydrogen) atoms. The van der Waals surface area contributed by atoms with Crippen LogP contribution in [-0.2, 0) is 9.53 Å². The summed E-state index contributed by atoms with van der Waals surface area (Å²) in [7, 11) is 1.75. The minimum atomic E-state index is -0.251. The number of amides is 1. The number of carbonyl (C=O) groups excluding carboxylic acids is 1. The molecule has 2 unspecified atom stereocenters. The van der Waals surface area contributed by atoms with E-state index in [1.54, 1.807) is 19.2 Å². The molecule has 2 aliphatic rings. The van der Waals surface area contributed by atoms with E-state index in [4.69, 9.17) is 4.74 Å². The zero-order chi connectivity index (χ0) is 20.6. The SMILES string of the molecule is CN=C(NCCC(=O)NC1CCCCC1)N1CC(C)OC(c2ccc(F)cc2)C1. The van der Waals surface area contributed by atoms with Crippen molar-refractivity contribution in [1.29, 1.82) is 0 Å². The van der Waals surface area contributed by atoms with Gasteiger partial charge in [-0.15, -0.1) is 0 Å². The van der Waals surface area contributed by atoms with E-state index in [-0.39, 0.29) is 23.9 Å². The molecule has 0 spiro atoms. The van der Waals surface area contributed by atoms with Gasteiger partial charge in [-0.1, -0.05) is 31.4 Å². The highest BCUT2D eigenvalue weighted by molar-refractivity contribution is 5.81. The molecule has 1 aliphatic carbocycles. The average Bonchev–Trinajstić information content (AvgIpc) is 2.72. The molecule has 3 rings (SSSR count). The summed E-state index contributed by atoms with van der Waals surface area (Å²) < 4.78 is 19.3. The third-order valence-corrected chi connectivity index (χ3v) is 5.62. The zero-order valence-corrected chi connectivity index (χ0v) is 17.5. The lowest BCUT2D eigenvalue weighted by molar-refractivity contribution is -0.121. The van der Waals surface area contributed by atoms with E-state index >= 15 is 0 Å². The van der Waals surface area contributed by atoms with Gasteiger partial charge in [0.05, 0.1) is 12.6 Å². The van der Waals surface area contributed by atoms with Crippen molar-refractivity contribution in [2.24, 2.45) is 4.99 Å². The summed E-state index contributed by atoms with van der Waals surface area (Å²) in [6, 6.07) is 6.79. The van der Waals surface area contributed by atoms with Crippen LogP contribution in [0, 0.1) is 5.82 Å². The number of hydrogen-bond acceptors (Lipinski definition) is 3. The first-order valence-electron chi connectivity index (χ1n) is 10.7. The summed E-state index contributed by atoms with van der Waals surface area (Å²) >= 11 is 0. The minimum Gasteiger partial charge on any atom is -0.367 e. The fourth-order valence-electron chi connectivity index (χ4n) is 4.15. The van der Waals surface area contributed by atoms with Gasteiger partial charge in [-0.2, -0.15) is 0 Å². The van der Waals surface area contributed by atoms with Crippen LogP contribution >= 0.6 is 0 Å². The predicted octanol–water partition coefficient (Wildman–Crippen LogP) is 3.00. The molecule has 1 aromatic rings. The number of guanidine groups is 1. The Balaban J connectivity index is 1.49. The summed E-state index contributed by atoms with van der Waals surface area (Å²) in [5, 5.41) is 6.46. The normalized spacial score (nSPS) is 23.7. The molecule has 1 aliphatic heterocycles. The highest BCUT2D eigenvalue weighted by atomic mass is 19.1. The van der Waals surface area contributed by atoms with Gasteiger partial charge in [0.1, 0.15) is 11.9 Å². The van der Waals surface area contributed by atoms with Crippen molar-refractivity contribution in [3.63, 3.8) is 0 Å². The van der Waals surface area contributed by atoms with E-state index in [2.05, 4.69) is 20.5 Å². The third-order valence-electron chi connectivity index (χ3n) is 5.62. The van der Waals surface area contributed by atoms with E-state index in [9.17, 15) is 9.18 Å². The van der Waals surface area contributed by atoms with Crippen LogP contribution in [0.2, 0.25) is 0 Å². The summed E-state index contributed by atoms with van der Waals surface area (Å²) in [6.45, 7) is 3.90. The summed E-state index contributed by atoms with van der Waals surface area (Å²) in [5.41, 5.74) is 0.949. The smallest absolute Gasteiger partial charge is 0.221 e. The van der Waals surface area contributed by atoms with Crippen LogP contribution in [0.25, 0.3) is 0 Å². The molecule has 2 atom stereocenters. The molecule has 7 heteroatoms. The van der Waals surface area contributed by atoms with E-state index in [0.717, 1.165) is 24.4 Å². The van der Waals surface area contributed by atoms with Crippen molar-refractivity contribution < 1.29 is 13.9 Å². The van der Waals surface area contributed by atoms with Crippen LogP contribution in [0.4, 0.5) is 4.39 Å². The third kappa shape index (κ3) is 6.42. The second kappa shape index (κ2) is 10.6. The molecule has 0 aromatic heterocycles. The number of ether oxygens (including phenoxy) is 1. The standard InChI is InChI=1S/C22H33FN4O2/c1-16-14-27(15-20(29-16)17-8-10-18(23)11-9-17)22(24-2)25-13-12-21(28)26-19-6-4-3-5-7-19/h8-11,16,19-20H,3-7,12-15H2,1-2H3,(H,24,25)(H,26,28). The van der Waals surface area contributed by atoms with Gasteiger partial charge in [-0.3, -0.25) is 9.79 Å². The van der Waals surface area contributed by atoms with Gasteiger partial charge >= 0.3 is 0 Å². The first-order chi connectivity index (χ1) is 14.0. The summed E-state index contributed by atoms with van der Waals surface area (Å²) in [4.78, 5) is 18.7. The quantitative estimate of drug-likeness (QED) is 0.585. The molecule has 1 saturated carbocycles. The number of benzene rings is 1. The number of carbonyl (C=O) groups is 1. The van der Waals surface area contributed by atoms with Crippen molar-refractivity contribution in [2.75, 3.05) is 26.7 Å². The molecule has 2 N–H and O–H groups in total. The molecule has 2 fully saturated rings. The van der Waals surface area contributed by atoms with Crippen molar-refractivity contribution in [3.8, 4) is 0 Å². The second-order valence-electron chi connectivity index (χ2n) is 8.02. The highest BCUT2D eigenvalue weighted by Crippen LogP contribution is 2.25. The average molecular weight is 405 g/mol. The van der Waals surface area contributed by atoms with Crippen LogP contribution in [0.15, 0.2) is 29.3 Å². The van der Waals surface area contributed by atoms with E-state index in [1.807, 2.05) is 6.92 Å². The number of nitrogens with zero attached hydrogens (tertiary/aromatic N) is 2. The molecule has 0 bridgehead atoms. The lowest BCUT2D eigenvalue weighted by atomic mass is 9.95. The molecule has 1 saturated heterocycles. The Hall–Kier alpha value is -2.15. The van der Waals surface area contributed by atoms with Gasteiger partial charge in [-0.25, -0.2) is 4.39 Å². The molecule has 6 nitrogen and oxygen atoms in total. The molecule has 1 amide bonds. The Kier molecular flexibility index (Phi) is 7.86. The largest absolute Gasteiger partial charge is 0.367 e. The Morgan fingerprint density at radius 2 is 1.93 bits per heavy atom. The van der Waals surface area contributed by atoms with Crippen LogP contribution in [0.3, 0.4) is 0 Å². The topological polar surface area (TPSA) is 66.0 Å². The van der Waals surface area contributed by atoms with Crippen LogP contribution in [0.1, 0.15) is 57.1 Å². The van der Waals surface area contributed by atoms with Crippen molar-refractivity contribution in [3.05, 3.63) is 35.6 Å². The molecular weight excluding hydrogens is 371 g/mol. The van der Waals surface area contributed by atoms with Gasteiger partial charge in [0.15, 0.2) is 5.96 Å². The lowest BCUT2D eigenvalue weighted by Crippen LogP contribution is -2.51. The molecular formula is C22H33FN4O2. The molecule has 1 heterocycles. The van der Waals surface area contributed by atoms with Crippen LogP contribution < -0.4 is 10.6 Å². The number of rotatable bonds is 5. The Bertz CT molecular complexity index is 689. The van der Waals surface area contributed by atoms with E-state index < -0.39 is 0 Å². The maximum atomic E-state index is 13.2. The van der Waals surface area contributed by atoms with Crippen LogP contribution in [-0.4, -0.2) is 55.6 Å². The van der Waals surface area contributed by atoms with Crippen molar-refractivity contribution in [1.82, 2.24) is 15.5 Å². The van der Waals surface area contributed by atoms with Crippen molar-refractivity contribution in [2.45, 2.75) is 63.7 Å². The Labute approximate surface area is 172 Å². The van der Waals surface area contributed by atoms with E-state index in [0.29, 0.717) is 32.1 Å². The van der Waals surface area contributed by atoms with Crippen LogP contribution in [0.5, 0.6) is 0 Å². The van der Waals surface area contributed by atoms with Gasteiger partial charge in [-0.05, 0) is 37.5 Å². The van der Waals surface area contributed by atoms with Gasteiger partial charge in [0, 0.05) is 32.6 Å². The Morgan fingerprint density at radius 3 is 2.62 bits per heavy atom. The predicted molar refractivity (Wildman–Crippen MR) is 112 cm³/mol. The van der Waals surface area contributed by atoms with Gasteiger partial charge < -0.3 is 20.3 Å². The first-order valence-corrected chi connectivity index (χ1v) is 10.7. The number of morpholine rings is 1. The maximum Gasteiger partial charge on any atom is 0.221 e. The van der Waals surface area contributed by atoms with Gasteiger partial charge in [0.25, 0.3) is 0 Å². The first kappa shape index (κ1) is 21.6. The highest BCUT2D eigenvalue weighted by Gasteiger charge is 2.28. The number of nitrogens with one attached hydrogen (secondary N) is 2. The van der Waals surface area contributed by atoms with E-state index in [1.165, 1.54) is 31.4 Å². The molecule has 160 valence electrons. The number of aliphatic imine (C=N–C) groups is 1. The minimum absolute atomic E-state index is 0.0203. The summed E-state index contributed by atoms with van der Waals surface area (Å²) in [5.74, 6) is 0.607. The maximum absolute atomic E-state index is 13.2. The zero-order valence-electron chi connectivity index (χ0n) is 17.5. The summed E-state index contributed by atoms with van der Waals surface area (Å²) in [6.07, 6.45) is 6.19. The fourth-order valence-corrected chi connectivity index (χ4v) is 4.15. The molecule has 1 aromatic carbocycles. The number of halogens is 1. The van der Waals surface area contributed by atoms with Gasteiger partial charge in [0.2, 0.25) is 5.91 Å². The second-order valence-corrected chi connectivity index (χ2v) is 8.02. The molecule has 0 radical (unpaired) electrons. The lowest BCUT2D eigenvalue weighted by Gasteiger charge is -2.38. The number of hydrogen-bond donors (Lipinski definition) is 2.